The van der Waals surface area contributed by atoms with E-state index in [1.54, 1.807) is 19.2 Å². The lowest BCUT2D eigenvalue weighted by Crippen LogP contribution is -2.40. The lowest BCUT2D eigenvalue weighted by Gasteiger charge is -2.28. The van der Waals surface area contributed by atoms with Crippen molar-refractivity contribution in [3.8, 4) is 0 Å². The van der Waals surface area contributed by atoms with E-state index >= 15 is 0 Å². The number of aliphatic carboxylic acids is 1. The van der Waals surface area contributed by atoms with Crippen LogP contribution in [-0.2, 0) is 10.3 Å². The zero-order chi connectivity index (χ0) is 13.3. The number of carboxylic acid groups (broad SMARTS) is 1. The maximum Gasteiger partial charge on any atom is 0.334 e. The van der Waals surface area contributed by atoms with Crippen LogP contribution in [0.25, 0.3) is 0 Å². The van der Waals surface area contributed by atoms with E-state index in [1.807, 2.05) is 0 Å². The van der Waals surface area contributed by atoms with Crippen molar-refractivity contribution in [1.82, 2.24) is 9.55 Å². The van der Waals surface area contributed by atoms with Crippen molar-refractivity contribution in [3.63, 3.8) is 0 Å². The average Bonchev–Trinajstić information content (AvgIpc) is 2.74. The first kappa shape index (κ1) is 12.3. The van der Waals surface area contributed by atoms with Crippen molar-refractivity contribution in [1.29, 1.82) is 0 Å². The first-order valence-corrected chi connectivity index (χ1v) is 5.46. The van der Waals surface area contributed by atoms with Gasteiger partial charge in [0.05, 0.1) is 0 Å². The maximum absolute atomic E-state index is 13.3. The zero-order valence-corrected chi connectivity index (χ0v) is 10.1. The quantitative estimate of drug-likeness (QED) is 0.905. The molecule has 2 aromatic rings. The first-order valence-electron chi connectivity index (χ1n) is 5.46. The molecule has 18 heavy (non-hydrogen) atoms. The Morgan fingerprint density at radius 3 is 2.72 bits per heavy atom. The number of benzene rings is 1. The van der Waals surface area contributed by atoms with Gasteiger partial charge < -0.3 is 9.67 Å². The van der Waals surface area contributed by atoms with Crippen molar-refractivity contribution < 1.29 is 14.3 Å². The van der Waals surface area contributed by atoms with Crippen LogP contribution < -0.4 is 0 Å². The van der Waals surface area contributed by atoms with Gasteiger partial charge >= 0.3 is 5.97 Å². The van der Waals surface area contributed by atoms with Gasteiger partial charge in [-0.3, -0.25) is 0 Å². The summed E-state index contributed by atoms with van der Waals surface area (Å²) in [6.45, 7) is 3.24. The molecule has 4 nitrogen and oxygen atoms in total. The summed E-state index contributed by atoms with van der Waals surface area (Å²) in [5, 5.41) is 9.50. The molecule has 1 unspecified atom stereocenters. The Balaban J connectivity index is 2.66. The number of aryl methyl sites for hydroxylation is 1. The summed E-state index contributed by atoms with van der Waals surface area (Å²) in [6.07, 6.45) is 3.10. The van der Waals surface area contributed by atoms with E-state index in [0.717, 1.165) is 0 Å². The molecule has 0 aliphatic heterocycles. The highest BCUT2D eigenvalue weighted by Gasteiger charge is 2.38. The number of carbonyl (C=O) groups is 1. The van der Waals surface area contributed by atoms with Crippen LogP contribution in [0.15, 0.2) is 36.7 Å². The molecule has 0 aliphatic rings. The first-order chi connectivity index (χ1) is 8.46. The minimum atomic E-state index is -1.37. The Kier molecular flexibility index (Phi) is 2.90. The normalized spacial score (nSPS) is 14.2. The number of nitrogens with zero attached hydrogens (tertiary/aromatic N) is 2. The molecule has 1 heterocycles. The highest BCUT2D eigenvalue weighted by Crippen LogP contribution is 2.28. The maximum atomic E-state index is 13.3. The number of imidazole rings is 1. The van der Waals surface area contributed by atoms with Gasteiger partial charge in [-0.25, -0.2) is 14.2 Å². The van der Waals surface area contributed by atoms with Gasteiger partial charge in [0.15, 0.2) is 5.54 Å². The van der Waals surface area contributed by atoms with E-state index in [1.165, 1.54) is 35.9 Å². The van der Waals surface area contributed by atoms with Crippen molar-refractivity contribution in [2.75, 3.05) is 0 Å². The Morgan fingerprint density at radius 1 is 1.50 bits per heavy atom. The number of aromatic nitrogens is 2. The number of hydrogen-bond acceptors (Lipinski definition) is 2. The fourth-order valence-corrected chi connectivity index (χ4v) is 2.01. The van der Waals surface area contributed by atoms with E-state index in [4.69, 9.17) is 0 Å². The molecule has 0 amide bonds. The molecule has 0 spiro atoms. The van der Waals surface area contributed by atoms with Gasteiger partial charge in [-0.05, 0) is 31.5 Å². The summed E-state index contributed by atoms with van der Waals surface area (Å²) in [6, 6.07) is 5.61. The molecule has 5 heteroatoms. The molecule has 94 valence electrons. The van der Waals surface area contributed by atoms with E-state index in [2.05, 4.69) is 4.98 Å². The summed E-state index contributed by atoms with van der Waals surface area (Å²) in [7, 11) is 0. The minimum absolute atomic E-state index is 0.371. The second-order valence-corrected chi connectivity index (χ2v) is 4.23. The topological polar surface area (TPSA) is 55.1 Å². The third-order valence-electron chi connectivity index (χ3n) is 3.11. The number of rotatable bonds is 3. The number of carboxylic acids is 1. The number of hydrogen-bond donors (Lipinski definition) is 1. The van der Waals surface area contributed by atoms with Crippen LogP contribution in [0, 0.1) is 12.7 Å². The molecule has 0 radical (unpaired) electrons. The van der Waals surface area contributed by atoms with E-state index in [0.29, 0.717) is 11.4 Å². The molecule has 0 fully saturated rings. The van der Waals surface area contributed by atoms with Crippen LogP contribution in [0.1, 0.15) is 18.3 Å². The standard InChI is InChI=1S/C13H13FN2O2/c1-9-15-6-7-16(9)13(2,12(17)18)10-4-3-5-11(14)8-10/h3-8H,1-2H3,(H,17,18). The van der Waals surface area contributed by atoms with Gasteiger partial charge in [-0.1, -0.05) is 12.1 Å². The summed E-state index contributed by atoms with van der Waals surface area (Å²) >= 11 is 0. The van der Waals surface area contributed by atoms with Gasteiger partial charge in [0.2, 0.25) is 0 Å². The van der Waals surface area contributed by atoms with Crippen LogP contribution >= 0.6 is 0 Å². The van der Waals surface area contributed by atoms with Crippen molar-refractivity contribution in [3.05, 3.63) is 53.9 Å². The fourth-order valence-electron chi connectivity index (χ4n) is 2.01. The second-order valence-electron chi connectivity index (χ2n) is 4.23. The Hall–Kier alpha value is -2.17. The predicted octanol–water partition coefficient (Wildman–Crippen LogP) is 2.18. The van der Waals surface area contributed by atoms with Gasteiger partial charge in [-0.2, -0.15) is 0 Å². The molecule has 1 atom stereocenters. The van der Waals surface area contributed by atoms with Crippen LogP contribution in [0.3, 0.4) is 0 Å². The Morgan fingerprint density at radius 2 is 2.22 bits per heavy atom. The third kappa shape index (κ3) is 1.77. The summed E-state index contributed by atoms with van der Waals surface area (Å²) in [4.78, 5) is 15.6. The highest BCUT2D eigenvalue weighted by atomic mass is 19.1. The third-order valence-corrected chi connectivity index (χ3v) is 3.11. The Labute approximate surface area is 104 Å². The molecule has 0 aliphatic carbocycles. The van der Waals surface area contributed by atoms with E-state index < -0.39 is 17.3 Å². The lowest BCUT2D eigenvalue weighted by atomic mass is 9.91. The van der Waals surface area contributed by atoms with Crippen molar-refractivity contribution in [2.24, 2.45) is 0 Å². The molecular formula is C13H13FN2O2. The molecule has 0 bridgehead atoms. The second kappa shape index (κ2) is 4.25. The van der Waals surface area contributed by atoms with Crippen molar-refractivity contribution in [2.45, 2.75) is 19.4 Å². The highest BCUT2D eigenvalue weighted by molar-refractivity contribution is 5.80. The monoisotopic (exact) mass is 248 g/mol. The molecule has 1 N–H and O–H groups in total. The molecule has 1 aromatic carbocycles. The van der Waals surface area contributed by atoms with E-state index in [9.17, 15) is 14.3 Å². The SMILES string of the molecule is Cc1nccn1C(C)(C(=O)O)c1cccc(F)c1. The molecule has 1 aromatic heterocycles. The molecular weight excluding hydrogens is 235 g/mol. The molecule has 2 rings (SSSR count). The fraction of sp³-hybridized carbons (Fsp3) is 0.231. The van der Waals surface area contributed by atoms with Crippen LogP contribution in [0.4, 0.5) is 4.39 Å². The predicted molar refractivity (Wildman–Crippen MR) is 63.7 cm³/mol. The molecule has 0 saturated carbocycles. The van der Waals surface area contributed by atoms with Gasteiger partial charge in [0.25, 0.3) is 0 Å². The van der Waals surface area contributed by atoms with Crippen LogP contribution in [0.5, 0.6) is 0 Å². The van der Waals surface area contributed by atoms with Gasteiger partial charge in [0.1, 0.15) is 11.6 Å². The smallest absolute Gasteiger partial charge is 0.334 e. The van der Waals surface area contributed by atoms with Gasteiger partial charge in [-0.15, -0.1) is 0 Å². The van der Waals surface area contributed by atoms with Gasteiger partial charge in [0, 0.05) is 12.4 Å². The Bertz CT molecular complexity index is 594. The largest absolute Gasteiger partial charge is 0.479 e. The van der Waals surface area contributed by atoms with Crippen LogP contribution in [-0.4, -0.2) is 20.6 Å². The lowest BCUT2D eigenvalue weighted by molar-refractivity contribution is -0.144. The number of halogens is 1. The molecule has 0 saturated heterocycles. The summed E-state index contributed by atoms with van der Waals surface area (Å²) in [5.74, 6) is -0.962. The summed E-state index contributed by atoms with van der Waals surface area (Å²) in [5.41, 5.74) is -1.00. The van der Waals surface area contributed by atoms with Crippen LogP contribution in [0.2, 0.25) is 0 Å². The zero-order valence-electron chi connectivity index (χ0n) is 10.1. The average molecular weight is 248 g/mol. The minimum Gasteiger partial charge on any atom is -0.479 e. The van der Waals surface area contributed by atoms with Crippen molar-refractivity contribution >= 4 is 5.97 Å². The van der Waals surface area contributed by atoms with E-state index in [-0.39, 0.29) is 0 Å². The summed E-state index contributed by atoms with van der Waals surface area (Å²) < 4.78 is 14.8.